The van der Waals surface area contributed by atoms with Gasteiger partial charge in [-0.2, -0.15) is 0 Å². The minimum Gasteiger partial charge on any atom is -0.282 e. The second-order valence-corrected chi connectivity index (χ2v) is 24.4. The van der Waals surface area contributed by atoms with Crippen LogP contribution < -0.4 is 0 Å². The van der Waals surface area contributed by atoms with Gasteiger partial charge in [0.2, 0.25) is 0 Å². The molecule has 0 radical (unpaired) electrons. The lowest BCUT2D eigenvalue weighted by Gasteiger charge is -2.39. The summed E-state index contributed by atoms with van der Waals surface area (Å²) < 4.78 is 2.25. The fourth-order valence-corrected chi connectivity index (χ4v) is 15.2. The fourth-order valence-electron chi connectivity index (χ4n) is 14.5. The molecule has 4 heterocycles. The normalized spacial score (nSPS) is 20.8. The minimum atomic E-state index is -0.198. The first-order valence-corrected chi connectivity index (χ1v) is 30.1. The molecule has 4 atom stereocenters. The van der Waals surface area contributed by atoms with Gasteiger partial charge >= 0.3 is 0 Å². The molecule has 0 bridgehead atoms. The van der Waals surface area contributed by atoms with Gasteiger partial charge in [0.15, 0.2) is 0 Å². The van der Waals surface area contributed by atoms with E-state index in [1.165, 1.54) is 122 Å². The summed E-state index contributed by atoms with van der Waals surface area (Å²) in [4.78, 5) is 34.5. The SMILES string of the molecule is CCCCCCC1(CC(CC)CCCC)c2cc(Br)ccc2-c2cc3c(cc21)C1=C2C(=O)N4C=Cc5cc6c(cc5C4=C2C(=O)N1C=C3)C(CC(CC)CCCC)(CC(CC)CCCC)c1cc(Br)ccc1-6. The van der Waals surface area contributed by atoms with E-state index < -0.39 is 0 Å². The molecule has 6 heteroatoms. The Labute approximate surface area is 449 Å². The van der Waals surface area contributed by atoms with Gasteiger partial charge in [0.25, 0.3) is 11.8 Å². The summed E-state index contributed by atoms with van der Waals surface area (Å²) in [6.45, 7) is 16.4. The first-order valence-electron chi connectivity index (χ1n) is 28.5. The van der Waals surface area contributed by atoms with Crippen LogP contribution in [0.4, 0.5) is 0 Å². The number of hydrogen-bond acceptors (Lipinski definition) is 2. The first-order chi connectivity index (χ1) is 35.0. The van der Waals surface area contributed by atoms with Crippen molar-refractivity contribution in [2.75, 3.05) is 0 Å². The van der Waals surface area contributed by atoms with Crippen LogP contribution >= 0.6 is 31.9 Å². The maximum atomic E-state index is 15.4. The van der Waals surface area contributed by atoms with Crippen molar-refractivity contribution in [3.63, 3.8) is 0 Å². The number of amides is 2. The Kier molecular flexibility index (Phi) is 15.1. The highest BCUT2D eigenvalue weighted by Crippen LogP contribution is 2.61. The predicted molar refractivity (Wildman–Crippen MR) is 309 cm³/mol. The summed E-state index contributed by atoms with van der Waals surface area (Å²) in [7, 11) is 0. The highest BCUT2D eigenvalue weighted by atomic mass is 79.9. The Morgan fingerprint density at radius 1 is 0.444 bits per heavy atom. The van der Waals surface area contributed by atoms with Crippen LogP contribution in [0.5, 0.6) is 0 Å². The number of benzene rings is 4. The van der Waals surface area contributed by atoms with Crippen molar-refractivity contribution in [3.8, 4) is 22.3 Å². The third-order valence-corrected chi connectivity index (χ3v) is 19.4. The third kappa shape index (κ3) is 8.53. The zero-order chi connectivity index (χ0) is 50.5. The topological polar surface area (TPSA) is 40.6 Å². The summed E-state index contributed by atoms with van der Waals surface area (Å²) in [5, 5.41) is 0. The second-order valence-electron chi connectivity index (χ2n) is 22.6. The van der Waals surface area contributed by atoms with E-state index in [0.717, 1.165) is 94.0 Å². The summed E-state index contributed by atoms with van der Waals surface area (Å²) in [6, 6.07) is 23.7. The molecule has 4 aliphatic heterocycles. The van der Waals surface area contributed by atoms with E-state index in [9.17, 15) is 0 Å². The Hall–Kier alpha value is -4.26. The molecule has 2 aliphatic carbocycles. The average Bonchev–Trinajstić information content (AvgIpc) is 4.03. The van der Waals surface area contributed by atoms with E-state index in [-0.39, 0.29) is 22.6 Å². The molecule has 10 rings (SSSR count). The molecule has 72 heavy (non-hydrogen) atoms. The number of carbonyl (C=O) groups is 2. The Morgan fingerprint density at radius 2 is 0.847 bits per heavy atom. The van der Waals surface area contributed by atoms with Crippen LogP contribution in [0.2, 0.25) is 0 Å². The number of halogens is 2. The standard InChI is InChI=1S/C66H78Br2N2O2/c1-8-15-19-20-30-65(39-42(12-5)21-16-9-2)55-35-47(67)24-26-49(55)53-33-45-28-31-69-61(51(45)37-57(53)65)59-60(64(69)72)62-52-38-58-54(34-46(52)29-32-70(62)63(59)71)50-27-25-48(68)36-56(50)66(58,40-43(13-6)22-17-10-3)41-44(14-7)23-18-11-4/h24-29,31-38,42-44H,8-23,30,39-41H2,1-7H3. The Morgan fingerprint density at radius 3 is 1.28 bits per heavy atom. The summed E-state index contributed by atoms with van der Waals surface area (Å²) in [5.74, 6) is 1.55. The van der Waals surface area contributed by atoms with Crippen LogP contribution in [0.1, 0.15) is 221 Å². The average molecular weight is 1090 g/mol. The highest BCUT2D eigenvalue weighted by Gasteiger charge is 2.53. The van der Waals surface area contributed by atoms with E-state index in [0.29, 0.717) is 28.9 Å². The smallest absolute Gasteiger partial charge is 0.265 e. The van der Waals surface area contributed by atoms with Crippen LogP contribution in [0.25, 0.3) is 45.8 Å². The molecule has 4 aromatic rings. The van der Waals surface area contributed by atoms with E-state index in [1.54, 1.807) is 0 Å². The van der Waals surface area contributed by atoms with E-state index in [4.69, 9.17) is 0 Å². The molecule has 4 aromatic carbocycles. The van der Waals surface area contributed by atoms with Crippen molar-refractivity contribution in [2.24, 2.45) is 17.8 Å². The van der Waals surface area contributed by atoms with E-state index in [1.807, 2.05) is 22.2 Å². The van der Waals surface area contributed by atoms with Crippen LogP contribution in [-0.4, -0.2) is 21.6 Å². The summed E-state index contributed by atoms with van der Waals surface area (Å²) >= 11 is 7.88. The van der Waals surface area contributed by atoms with Crippen LogP contribution in [0, 0.1) is 17.8 Å². The Bertz CT molecular complexity index is 2900. The zero-order valence-corrected chi connectivity index (χ0v) is 47.6. The van der Waals surface area contributed by atoms with Crippen molar-refractivity contribution >= 4 is 67.2 Å². The molecular formula is C66H78Br2N2O2. The number of fused-ring (bicyclic) bond motifs is 13. The van der Waals surface area contributed by atoms with Crippen LogP contribution in [0.15, 0.2) is 93.2 Å². The van der Waals surface area contributed by atoms with Crippen molar-refractivity contribution < 1.29 is 9.59 Å². The van der Waals surface area contributed by atoms with Gasteiger partial charge in [-0.25, -0.2) is 0 Å². The lowest BCUT2D eigenvalue weighted by atomic mass is 9.65. The van der Waals surface area contributed by atoms with Crippen molar-refractivity contribution in [2.45, 2.75) is 188 Å². The maximum Gasteiger partial charge on any atom is 0.265 e. The molecule has 378 valence electrons. The first kappa shape index (κ1) is 51.2. The molecule has 0 aromatic heterocycles. The molecule has 0 saturated heterocycles. The minimum absolute atomic E-state index is 0.103. The Balaban J connectivity index is 1.16. The third-order valence-electron chi connectivity index (χ3n) is 18.4. The van der Waals surface area contributed by atoms with Gasteiger partial charge in [-0.15, -0.1) is 0 Å². The molecule has 2 amide bonds. The van der Waals surface area contributed by atoms with Gasteiger partial charge < -0.3 is 0 Å². The summed E-state index contributed by atoms with van der Waals surface area (Å²) in [6.07, 6.45) is 31.8. The molecule has 0 spiro atoms. The summed E-state index contributed by atoms with van der Waals surface area (Å²) in [5.41, 5.74) is 17.3. The monoisotopic (exact) mass is 1090 g/mol. The molecular weight excluding hydrogens is 1010 g/mol. The second kappa shape index (κ2) is 21.2. The van der Waals surface area contributed by atoms with Gasteiger partial charge in [0, 0.05) is 43.3 Å². The van der Waals surface area contributed by atoms with Crippen molar-refractivity contribution in [1.82, 2.24) is 9.80 Å². The maximum absolute atomic E-state index is 15.4. The van der Waals surface area contributed by atoms with Crippen LogP contribution in [-0.2, 0) is 20.4 Å². The molecule has 0 N–H and O–H groups in total. The number of unbranched alkanes of at least 4 members (excludes halogenated alkanes) is 6. The lowest BCUT2D eigenvalue weighted by Crippen LogP contribution is -2.32. The fraction of sp³-hybridized carbons (Fsp3) is 0.485. The molecule has 0 saturated carbocycles. The van der Waals surface area contributed by atoms with Gasteiger partial charge in [0.05, 0.1) is 22.5 Å². The molecule has 6 aliphatic rings. The van der Waals surface area contributed by atoms with E-state index in [2.05, 4.69) is 153 Å². The number of rotatable bonds is 23. The van der Waals surface area contributed by atoms with Gasteiger partial charge in [-0.3, -0.25) is 19.4 Å². The van der Waals surface area contributed by atoms with Gasteiger partial charge in [-0.1, -0.05) is 195 Å². The highest BCUT2D eigenvalue weighted by molar-refractivity contribution is 9.10. The predicted octanol–water partition coefficient (Wildman–Crippen LogP) is 19.3. The molecule has 4 unspecified atom stereocenters. The molecule has 4 nitrogen and oxygen atoms in total. The van der Waals surface area contributed by atoms with Crippen LogP contribution in [0.3, 0.4) is 0 Å². The van der Waals surface area contributed by atoms with Gasteiger partial charge in [0.1, 0.15) is 0 Å². The zero-order valence-electron chi connectivity index (χ0n) is 44.4. The number of hydrogen-bond donors (Lipinski definition) is 0. The number of nitrogens with zero attached hydrogens (tertiary/aromatic N) is 2. The van der Waals surface area contributed by atoms with E-state index >= 15 is 9.59 Å². The van der Waals surface area contributed by atoms with Crippen molar-refractivity contribution in [1.29, 1.82) is 0 Å². The van der Waals surface area contributed by atoms with Gasteiger partial charge in [-0.05, 0) is 160 Å². The largest absolute Gasteiger partial charge is 0.282 e. The van der Waals surface area contributed by atoms with Crippen molar-refractivity contribution in [3.05, 3.63) is 138 Å². The quantitative estimate of drug-likeness (QED) is 0.0695. The lowest BCUT2D eigenvalue weighted by molar-refractivity contribution is -0.122. The number of carbonyl (C=O) groups excluding carboxylic acids is 2. The molecule has 0 fully saturated rings.